The van der Waals surface area contributed by atoms with E-state index in [9.17, 15) is 14.4 Å². The Morgan fingerprint density at radius 2 is 1.47 bits per heavy atom. The molecule has 12 nitrogen and oxygen atoms in total. The van der Waals surface area contributed by atoms with Crippen LogP contribution in [0.5, 0.6) is 0 Å². The van der Waals surface area contributed by atoms with Crippen LogP contribution in [0.15, 0.2) is 36.9 Å². The van der Waals surface area contributed by atoms with Gasteiger partial charge in [0.15, 0.2) is 5.60 Å². The van der Waals surface area contributed by atoms with Gasteiger partial charge in [0.05, 0.1) is 25.1 Å². The predicted octanol–water partition coefficient (Wildman–Crippen LogP) is 3.85. The number of carboxylic acids is 3. The zero-order valence-electron chi connectivity index (χ0n) is 25.7. The number of hydrogen-bond donors (Lipinski definition) is 5. The third-order valence-electron chi connectivity index (χ3n) is 8.09. The topological polar surface area (TPSA) is 178 Å². The standard InChI is InChI=1S/C25H39N5.C6H8O7/c1-24(2)14-23(15-25(3,4)28-24)29(17-20-10-12-26-13-11-20)18-21-16-27-30(19-21)22-8-6-5-7-9-22;7-3(8)1-6(13,5(11)12)2-4(9)10/h10-13,16,19,22-23,28H,5-9,14-15,17-18H2,1-4H3;13H,1-2H2,(H,7,8)(H,9,10)(H,11,12). The number of hydrogen-bond acceptors (Lipinski definition) is 8. The van der Waals surface area contributed by atoms with Crippen molar-refractivity contribution in [2.24, 2.45) is 0 Å². The molecule has 2 aromatic heterocycles. The molecule has 12 heteroatoms. The lowest BCUT2D eigenvalue weighted by atomic mass is 9.79. The SMILES string of the molecule is CC1(C)CC(N(Cc2ccncc2)Cc2cnn(C3CCCCC3)c2)CC(C)(C)N1.O=C(O)CC(O)(CC(=O)O)C(=O)O. The van der Waals surface area contributed by atoms with Gasteiger partial charge >= 0.3 is 17.9 Å². The van der Waals surface area contributed by atoms with E-state index in [1.54, 1.807) is 0 Å². The van der Waals surface area contributed by atoms with Crippen LogP contribution in [0, 0.1) is 0 Å². The molecule has 0 unspecified atom stereocenters. The minimum absolute atomic E-state index is 0.134. The van der Waals surface area contributed by atoms with Gasteiger partial charge in [-0.1, -0.05) is 19.3 Å². The van der Waals surface area contributed by atoms with Gasteiger partial charge in [0, 0.05) is 54.4 Å². The molecule has 0 spiro atoms. The lowest BCUT2D eigenvalue weighted by Gasteiger charge is -2.49. The molecule has 1 aliphatic carbocycles. The molecule has 0 atom stereocenters. The Morgan fingerprint density at radius 3 is 1.98 bits per heavy atom. The second-order valence-corrected chi connectivity index (χ2v) is 13.3. The third-order valence-corrected chi connectivity index (χ3v) is 8.09. The minimum atomic E-state index is -2.74. The summed E-state index contributed by atoms with van der Waals surface area (Å²) in [7, 11) is 0. The molecule has 238 valence electrons. The summed E-state index contributed by atoms with van der Waals surface area (Å²) in [5.41, 5.74) is 0.199. The van der Waals surface area contributed by atoms with E-state index in [1.165, 1.54) is 43.2 Å². The van der Waals surface area contributed by atoms with E-state index < -0.39 is 36.4 Å². The number of aliphatic carboxylic acids is 3. The average Bonchev–Trinajstić information content (AvgIpc) is 3.36. The van der Waals surface area contributed by atoms with Gasteiger partial charge < -0.3 is 25.7 Å². The Hall–Kier alpha value is -3.35. The molecule has 3 heterocycles. The van der Waals surface area contributed by atoms with Crippen LogP contribution in [0.4, 0.5) is 0 Å². The summed E-state index contributed by atoms with van der Waals surface area (Å²) in [6.45, 7) is 11.3. The molecule has 1 aliphatic heterocycles. The van der Waals surface area contributed by atoms with Crippen LogP contribution >= 0.6 is 0 Å². The smallest absolute Gasteiger partial charge is 0.336 e. The highest BCUT2D eigenvalue weighted by Gasteiger charge is 2.41. The van der Waals surface area contributed by atoms with E-state index in [4.69, 9.17) is 25.5 Å². The lowest BCUT2D eigenvalue weighted by Crippen LogP contribution is -2.62. The first-order valence-corrected chi connectivity index (χ1v) is 14.9. The Balaban J connectivity index is 0.000000331. The highest BCUT2D eigenvalue weighted by molar-refractivity contribution is 5.88. The van der Waals surface area contributed by atoms with E-state index in [0.29, 0.717) is 12.1 Å². The van der Waals surface area contributed by atoms with Gasteiger partial charge in [0.1, 0.15) is 0 Å². The highest BCUT2D eigenvalue weighted by Crippen LogP contribution is 2.33. The molecule has 0 bridgehead atoms. The maximum atomic E-state index is 10.3. The number of piperidine rings is 1. The first-order valence-electron chi connectivity index (χ1n) is 14.9. The molecule has 2 aliphatic rings. The van der Waals surface area contributed by atoms with Crippen molar-refractivity contribution in [1.29, 1.82) is 0 Å². The minimum Gasteiger partial charge on any atom is -0.481 e. The normalized spacial score (nSPS) is 18.9. The molecule has 1 saturated carbocycles. The van der Waals surface area contributed by atoms with Crippen LogP contribution in [0.25, 0.3) is 0 Å². The quantitative estimate of drug-likeness (QED) is 0.253. The molecule has 0 radical (unpaired) electrons. The van der Waals surface area contributed by atoms with Crippen LogP contribution in [0.1, 0.15) is 103 Å². The van der Waals surface area contributed by atoms with Crippen molar-refractivity contribution in [3.05, 3.63) is 48.0 Å². The summed E-state index contributed by atoms with van der Waals surface area (Å²) in [5.74, 6) is -5.02. The van der Waals surface area contributed by atoms with Gasteiger partial charge in [-0.05, 0) is 71.1 Å². The fourth-order valence-electron chi connectivity index (χ4n) is 6.52. The molecule has 4 rings (SSSR count). The Labute approximate surface area is 253 Å². The van der Waals surface area contributed by atoms with Gasteiger partial charge in [0.25, 0.3) is 0 Å². The molecule has 0 amide bonds. The second kappa shape index (κ2) is 14.4. The summed E-state index contributed by atoms with van der Waals surface area (Å²) >= 11 is 0. The van der Waals surface area contributed by atoms with Crippen LogP contribution in [-0.4, -0.2) is 80.7 Å². The molecule has 43 heavy (non-hydrogen) atoms. The zero-order chi connectivity index (χ0) is 31.8. The fourth-order valence-corrected chi connectivity index (χ4v) is 6.52. The number of nitrogens with zero attached hydrogens (tertiary/aromatic N) is 4. The first-order chi connectivity index (χ1) is 20.1. The number of aromatic nitrogens is 3. The largest absolute Gasteiger partial charge is 0.481 e. The van der Waals surface area contributed by atoms with Gasteiger partial charge in [-0.25, -0.2) is 4.79 Å². The van der Waals surface area contributed by atoms with Crippen LogP contribution < -0.4 is 5.32 Å². The van der Waals surface area contributed by atoms with Crippen molar-refractivity contribution in [3.63, 3.8) is 0 Å². The van der Waals surface area contributed by atoms with E-state index in [-0.39, 0.29) is 11.1 Å². The molecule has 2 fully saturated rings. The second-order valence-electron chi connectivity index (χ2n) is 13.3. The Kier molecular flexibility index (Phi) is 11.4. The van der Waals surface area contributed by atoms with Gasteiger partial charge in [-0.2, -0.15) is 5.10 Å². The maximum Gasteiger partial charge on any atom is 0.336 e. The number of nitrogens with one attached hydrogen (secondary N) is 1. The first kappa shape index (κ1) is 34.1. The molecule has 0 aromatic carbocycles. The van der Waals surface area contributed by atoms with E-state index in [0.717, 1.165) is 25.9 Å². The fraction of sp³-hybridized carbons (Fsp3) is 0.645. The summed E-state index contributed by atoms with van der Waals surface area (Å²) < 4.78 is 2.25. The number of carboxylic acid groups (broad SMARTS) is 3. The number of aliphatic hydroxyl groups is 1. The molecular weight excluding hydrogens is 554 g/mol. The zero-order valence-corrected chi connectivity index (χ0v) is 25.7. The summed E-state index contributed by atoms with van der Waals surface area (Å²) in [4.78, 5) is 37.4. The number of pyridine rings is 1. The number of rotatable bonds is 11. The van der Waals surface area contributed by atoms with Crippen molar-refractivity contribution < 1.29 is 34.8 Å². The van der Waals surface area contributed by atoms with Crippen molar-refractivity contribution in [2.75, 3.05) is 0 Å². The Morgan fingerprint density at radius 1 is 0.930 bits per heavy atom. The van der Waals surface area contributed by atoms with Crippen molar-refractivity contribution in [2.45, 2.75) is 127 Å². The molecule has 5 N–H and O–H groups in total. The monoisotopic (exact) mass is 601 g/mol. The van der Waals surface area contributed by atoms with Crippen molar-refractivity contribution >= 4 is 17.9 Å². The third kappa shape index (κ3) is 10.7. The number of carbonyl (C=O) groups is 3. The van der Waals surface area contributed by atoms with Gasteiger partial charge in [0.2, 0.25) is 0 Å². The summed E-state index contributed by atoms with van der Waals surface area (Å²) in [5, 5.41) is 42.4. The average molecular weight is 602 g/mol. The Bertz CT molecular complexity index is 1190. The molecular formula is C31H47N5O7. The van der Waals surface area contributed by atoms with E-state index >= 15 is 0 Å². The van der Waals surface area contributed by atoms with E-state index in [2.05, 4.69) is 72.1 Å². The van der Waals surface area contributed by atoms with Crippen LogP contribution in [0.3, 0.4) is 0 Å². The summed E-state index contributed by atoms with van der Waals surface area (Å²) in [6.07, 6.45) is 14.9. The van der Waals surface area contributed by atoms with Gasteiger partial charge in [-0.15, -0.1) is 0 Å². The maximum absolute atomic E-state index is 10.3. The predicted molar refractivity (Wildman–Crippen MR) is 159 cm³/mol. The lowest BCUT2D eigenvalue weighted by molar-refractivity contribution is -0.170. The van der Waals surface area contributed by atoms with Gasteiger partial charge in [-0.3, -0.25) is 24.2 Å². The molecule has 1 saturated heterocycles. The molecule has 2 aromatic rings. The highest BCUT2D eigenvalue weighted by atomic mass is 16.4. The van der Waals surface area contributed by atoms with Crippen molar-refractivity contribution in [1.82, 2.24) is 25.0 Å². The van der Waals surface area contributed by atoms with Crippen LogP contribution in [-0.2, 0) is 27.5 Å². The van der Waals surface area contributed by atoms with Crippen LogP contribution in [0.2, 0.25) is 0 Å². The summed E-state index contributed by atoms with van der Waals surface area (Å²) in [6, 6.07) is 5.42. The van der Waals surface area contributed by atoms with Crippen molar-refractivity contribution in [3.8, 4) is 0 Å². The van der Waals surface area contributed by atoms with E-state index in [1.807, 2.05) is 12.4 Å².